The Hall–Kier alpha value is -3.01. The number of nitrogens with zero attached hydrogens (tertiary/aromatic N) is 2. The molecule has 114 valence electrons. The van der Waals surface area contributed by atoms with Crippen LogP contribution >= 0.6 is 0 Å². The second kappa shape index (κ2) is 5.32. The van der Waals surface area contributed by atoms with Gasteiger partial charge in [0.25, 0.3) is 0 Å². The Labute approximate surface area is 133 Å². The normalized spacial score (nSPS) is 11.0. The van der Waals surface area contributed by atoms with Gasteiger partial charge in [0, 0.05) is 16.8 Å². The molecule has 1 heterocycles. The molecule has 4 aromatic rings. The largest absolute Gasteiger partial charge is 0.496 e. The van der Waals surface area contributed by atoms with Crippen molar-refractivity contribution < 1.29 is 9.47 Å². The van der Waals surface area contributed by atoms with E-state index < -0.39 is 0 Å². The highest BCUT2D eigenvalue weighted by Gasteiger charge is 2.17. The van der Waals surface area contributed by atoms with Gasteiger partial charge in [-0.2, -0.15) is 0 Å². The topological polar surface area (TPSA) is 36.3 Å². The van der Waals surface area contributed by atoms with Crippen LogP contribution < -0.4 is 9.47 Å². The maximum absolute atomic E-state index is 5.59. The quantitative estimate of drug-likeness (QED) is 0.569. The number of methoxy groups -OCH3 is 2. The third-order valence-electron chi connectivity index (χ3n) is 4.03. The van der Waals surface area contributed by atoms with Crippen LogP contribution in [0.25, 0.3) is 27.4 Å². The molecule has 0 spiro atoms. The van der Waals surface area contributed by atoms with Crippen LogP contribution in [0.3, 0.4) is 0 Å². The van der Waals surface area contributed by atoms with E-state index in [9.17, 15) is 0 Å². The molecule has 3 aromatic carbocycles. The van der Waals surface area contributed by atoms with Crippen molar-refractivity contribution in [3.05, 3.63) is 60.7 Å². The number of ether oxygens (including phenoxy) is 2. The van der Waals surface area contributed by atoms with Crippen molar-refractivity contribution in [3.63, 3.8) is 0 Å². The van der Waals surface area contributed by atoms with Crippen molar-refractivity contribution in [2.45, 2.75) is 0 Å². The van der Waals surface area contributed by atoms with Crippen LogP contribution in [0.1, 0.15) is 0 Å². The highest BCUT2D eigenvalue weighted by atomic mass is 16.5. The van der Waals surface area contributed by atoms with Crippen LogP contribution in [0, 0.1) is 0 Å². The molecule has 0 aliphatic rings. The van der Waals surface area contributed by atoms with Gasteiger partial charge in [-0.1, -0.05) is 42.5 Å². The van der Waals surface area contributed by atoms with E-state index in [2.05, 4.69) is 11.2 Å². The van der Waals surface area contributed by atoms with Gasteiger partial charge in [0.2, 0.25) is 5.88 Å². The summed E-state index contributed by atoms with van der Waals surface area (Å²) < 4.78 is 13.0. The molecule has 0 radical (unpaired) electrons. The molecular weight excluding hydrogens is 288 g/mol. The predicted octanol–water partition coefficient (Wildman–Crippen LogP) is 4.20. The molecule has 0 saturated heterocycles. The van der Waals surface area contributed by atoms with Crippen LogP contribution in [0.4, 0.5) is 0 Å². The first kappa shape index (κ1) is 13.6. The van der Waals surface area contributed by atoms with Gasteiger partial charge in [-0.15, -0.1) is 5.10 Å². The molecule has 4 heteroatoms. The third-order valence-corrected chi connectivity index (χ3v) is 4.03. The summed E-state index contributed by atoms with van der Waals surface area (Å²) in [5, 5.41) is 7.76. The summed E-state index contributed by atoms with van der Waals surface area (Å²) in [7, 11) is 3.34. The first-order chi connectivity index (χ1) is 11.3. The summed E-state index contributed by atoms with van der Waals surface area (Å²) in [6.07, 6.45) is 0. The maximum atomic E-state index is 5.59. The molecule has 0 bridgehead atoms. The smallest absolute Gasteiger partial charge is 0.241 e. The van der Waals surface area contributed by atoms with Crippen LogP contribution in [0.5, 0.6) is 11.6 Å². The highest BCUT2D eigenvalue weighted by Crippen LogP contribution is 2.38. The average molecular weight is 304 g/mol. The minimum Gasteiger partial charge on any atom is -0.496 e. The number of rotatable bonds is 3. The Morgan fingerprint density at radius 3 is 2.22 bits per heavy atom. The van der Waals surface area contributed by atoms with E-state index in [0.29, 0.717) is 5.88 Å². The van der Waals surface area contributed by atoms with E-state index in [1.807, 2.05) is 59.3 Å². The van der Waals surface area contributed by atoms with E-state index in [0.717, 1.165) is 33.1 Å². The molecule has 0 fully saturated rings. The van der Waals surface area contributed by atoms with Crippen LogP contribution in [0.2, 0.25) is 0 Å². The Morgan fingerprint density at radius 1 is 0.826 bits per heavy atom. The van der Waals surface area contributed by atoms with Gasteiger partial charge in [-0.3, -0.25) is 0 Å². The molecule has 0 atom stereocenters. The minimum atomic E-state index is 0.614. The second-order valence-corrected chi connectivity index (χ2v) is 5.28. The zero-order chi connectivity index (χ0) is 15.8. The lowest BCUT2D eigenvalue weighted by molar-refractivity contribution is 0.398. The van der Waals surface area contributed by atoms with Gasteiger partial charge < -0.3 is 9.47 Å². The summed E-state index contributed by atoms with van der Waals surface area (Å²) in [5.41, 5.74) is 1.95. The molecule has 0 unspecified atom stereocenters. The third kappa shape index (κ3) is 2.03. The number of benzene rings is 3. The second-order valence-electron chi connectivity index (χ2n) is 5.28. The number of aromatic nitrogens is 2. The van der Waals surface area contributed by atoms with Crippen LogP contribution in [-0.2, 0) is 0 Å². The van der Waals surface area contributed by atoms with Crippen molar-refractivity contribution in [3.8, 4) is 17.3 Å². The van der Waals surface area contributed by atoms with Crippen molar-refractivity contribution in [2.24, 2.45) is 0 Å². The SMILES string of the molecule is COc1cc2c(c(OC)nn2-c2ccccc2)c2ccccc12. The van der Waals surface area contributed by atoms with E-state index in [1.54, 1.807) is 14.2 Å². The predicted molar refractivity (Wildman–Crippen MR) is 91.7 cm³/mol. The molecule has 4 nitrogen and oxygen atoms in total. The maximum Gasteiger partial charge on any atom is 0.241 e. The molecule has 0 aliphatic carbocycles. The van der Waals surface area contributed by atoms with Crippen LogP contribution in [-0.4, -0.2) is 24.0 Å². The Bertz CT molecular complexity index is 991. The Balaban J connectivity index is 2.17. The van der Waals surface area contributed by atoms with E-state index >= 15 is 0 Å². The minimum absolute atomic E-state index is 0.614. The van der Waals surface area contributed by atoms with Gasteiger partial charge in [0.15, 0.2) is 0 Å². The molecule has 23 heavy (non-hydrogen) atoms. The van der Waals surface area contributed by atoms with E-state index in [1.165, 1.54) is 0 Å². The molecule has 0 aliphatic heterocycles. The monoisotopic (exact) mass is 304 g/mol. The Morgan fingerprint density at radius 2 is 1.52 bits per heavy atom. The van der Waals surface area contributed by atoms with Gasteiger partial charge in [-0.25, -0.2) is 4.68 Å². The molecule has 0 amide bonds. The highest BCUT2D eigenvalue weighted by molar-refractivity contribution is 6.12. The summed E-state index contributed by atoms with van der Waals surface area (Å²) in [6, 6.07) is 20.2. The van der Waals surface area contributed by atoms with Gasteiger partial charge in [0.05, 0.1) is 30.8 Å². The number of hydrogen-bond acceptors (Lipinski definition) is 3. The van der Waals surface area contributed by atoms with Crippen molar-refractivity contribution in [2.75, 3.05) is 14.2 Å². The molecule has 1 aromatic heterocycles. The zero-order valence-corrected chi connectivity index (χ0v) is 13.0. The summed E-state index contributed by atoms with van der Waals surface area (Å²) >= 11 is 0. The summed E-state index contributed by atoms with van der Waals surface area (Å²) in [5.74, 6) is 1.44. The molecule has 4 rings (SSSR count). The number of hydrogen-bond donors (Lipinski definition) is 0. The summed E-state index contributed by atoms with van der Waals surface area (Å²) in [6.45, 7) is 0. The van der Waals surface area contributed by atoms with Crippen LogP contribution in [0.15, 0.2) is 60.7 Å². The molecular formula is C19H16N2O2. The fourth-order valence-corrected chi connectivity index (χ4v) is 2.99. The lowest BCUT2D eigenvalue weighted by Crippen LogP contribution is -1.96. The molecule has 0 N–H and O–H groups in total. The van der Waals surface area contributed by atoms with E-state index in [4.69, 9.17) is 9.47 Å². The lowest BCUT2D eigenvalue weighted by Gasteiger charge is -2.08. The summed E-state index contributed by atoms with van der Waals surface area (Å²) in [4.78, 5) is 0. The average Bonchev–Trinajstić information content (AvgIpc) is 3.00. The van der Waals surface area contributed by atoms with Crippen molar-refractivity contribution in [1.29, 1.82) is 0 Å². The number of para-hydroxylation sites is 1. The fraction of sp³-hybridized carbons (Fsp3) is 0.105. The first-order valence-corrected chi connectivity index (χ1v) is 7.41. The Kier molecular flexibility index (Phi) is 3.15. The standard InChI is InChI=1S/C19H16N2O2/c1-22-17-12-16-18(15-11-7-6-10-14(15)17)19(23-2)20-21(16)13-8-4-3-5-9-13/h3-12H,1-2H3. The van der Waals surface area contributed by atoms with E-state index in [-0.39, 0.29) is 0 Å². The fourth-order valence-electron chi connectivity index (χ4n) is 2.99. The van der Waals surface area contributed by atoms with Crippen molar-refractivity contribution in [1.82, 2.24) is 9.78 Å². The zero-order valence-electron chi connectivity index (χ0n) is 13.0. The van der Waals surface area contributed by atoms with Gasteiger partial charge in [0.1, 0.15) is 5.75 Å². The first-order valence-electron chi connectivity index (χ1n) is 7.41. The van der Waals surface area contributed by atoms with Crippen molar-refractivity contribution >= 4 is 21.7 Å². The van der Waals surface area contributed by atoms with Gasteiger partial charge >= 0.3 is 0 Å². The lowest BCUT2D eigenvalue weighted by atomic mass is 10.1. The van der Waals surface area contributed by atoms with Gasteiger partial charge in [-0.05, 0) is 12.1 Å². The number of fused-ring (bicyclic) bond motifs is 3. The molecule has 0 saturated carbocycles.